The van der Waals surface area contributed by atoms with Gasteiger partial charge in [0.1, 0.15) is 18.7 Å². The molecule has 1 amide bonds. The quantitative estimate of drug-likeness (QED) is 0.349. The fraction of sp³-hybridized carbons (Fsp3) is 0.258. The minimum Gasteiger partial charge on any atom is -0.491 e. The molecule has 0 atom stereocenters. The minimum absolute atomic E-state index is 0.0520. The Morgan fingerprint density at radius 2 is 1.68 bits per heavy atom. The van der Waals surface area contributed by atoms with Gasteiger partial charge in [0.2, 0.25) is 5.91 Å². The maximum Gasteiger partial charge on any atom is 0.416 e. The molecular weight excluding hydrogens is 533 g/mol. The number of benzene rings is 3. The van der Waals surface area contributed by atoms with Crippen LogP contribution in [0.1, 0.15) is 22.3 Å². The number of hydrogen-bond donors (Lipinski definition) is 1. The minimum atomic E-state index is -4.43. The molecule has 0 fully saturated rings. The lowest BCUT2D eigenvalue weighted by Gasteiger charge is -2.23. The highest BCUT2D eigenvalue weighted by Crippen LogP contribution is 2.30. The van der Waals surface area contributed by atoms with E-state index in [0.717, 1.165) is 45.7 Å². The lowest BCUT2D eigenvalue weighted by Crippen LogP contribution is -2.35. The van der Waals surface area contributed by atoms with Gasteiger partial charge in [-0.2, -0.15) is 13.2 Å². The van der Waals surface area contributed by atoms with Crippen molar-refractivity contribution in [3.8, 4) is 16.9 Å². The molecule has 0 spiro atoms. The Bertz CT molecular complexity index is 1460. The number of fused-ring (bicyclic) bond motifs is 3. The second-order valence-electron chi connectivity index (χ2n) is 9.74. The Morgan fingerprint density at radius 1 is 0.902 bits per heavy atom. The molecule has 1 aliphatic heterocycles. The summed E-state index contributed by atoms with van der Waals surface area (Å²) in [7, 11) is 0. The molecule has 1 aliphatic rings. The van der Waals surface area contributed by atoms with Crippen LogP contribution in [0.5, 0.6) is 5.75 Å². The van der Waals surface area contributed by atoms with E-state index in [-0.39, 0.29) is 12.5 Å². The summed E-state index contributed by atoms with van der Waals surface area (Å²) in [5.41, 5.74) is 4.59. The predicted octanol–water partition coefficient (Wildman–Crippen LogP) is 5.60. The van der Waals surface area contributed by atoms with Gasteiger partial charge < -0.3 is 14.8 Å². The third-order valence-electron chi connectivity index (χ3n) is 6.65. The Hall–Kier alpha value is -4.28. The summed E-state index contributed by atoms with van der Waals surface area (Å²) in [6.07, 6.45) is 1.25. The molecule has 4 aromatic rings. The normalized spacial score (nSPS) is 14.8. The average molecular weight is 563 g/mol. The number of halogens is 3. The molecule has 3 aromatic carbocycles. The van der Waals surface area contributed by atoms with Gasteiger partial charge in [-0.1, -0.05) is 30.3 Å². The van der Waals surface area contributed by atoms with Crippen LogP contribution in [0, 0.1) is 0 Å². The first-order valence-electron chi connectivity index (χ1n) is 13.2. The molecule has 0 saturated heterocycles. The fourth-order valence-corrected chi connectivity index (χ4v) is 4.67. The molecular formula is C31H29F3N4O3. The van der Waals surface area contributed by atoms with Crippen LogP contribution >= 0.6 is 0 Å². The smallest absolute Gasteiger partial charge is 0.416 e. The highest BCUT2D eigenvalue weighted by atomic mass is 19.4. The highest BCUT2D eigenvalue weighted by molar-refractivity contribution is 5.92. The Balaban J connectivity index is 1.31. The molecule has 0 unspecified atom stereocenters. The lowest BCUT2D eigenvalue weighted by molar-refractivity contribution is -0.137. The van der Waals surface area contributed by atoms with Gasteiger partial charge in [0.25, 0.3) is 0 Å². The standard InChI is InChI=1S/C31H29F3N4O3/c32-31(33,34)27-5-7-28(8-6-27)37-30(39)20-38-10-11-40-12-13-41-29-9-4-24(26-17-35-21-36-18-26)16-25(29)15-22-2-1-3-23(14-22)19-38/h1-9,14,16-18,21H,10-13,15,19-20H2,(H,37,39). The van der Waals surface area contributed by atoms with Crippen LogP contribution in [-0.4, -0.2) is 53.7 Å². The number of amides is 1. The van der Waals surface area contributed by atoms with Gasteiger partial charge in [-0.05, 0) is 58.7 Å². The monoisotopic (exact) mass is 562 g/mol. The van der Waals surface area contributed by atoms with Crippen molar-refractivity contribution in [2.24, 2.45) is 0 Å². The van der Waals surface area contributed by atoms with Gasteiger partial charge in [0, 0.05) is 43.2 Å². The molecule has 2 heterocycles. The van der Waals surface area contributed by atoms with Crippen molar-refractivity contribution in [3.05, 3.63) is 108 Å². The summed E-state index contributed by atoms with van der Waals surface area (Å²) in [6, 6.07) is 18.6. The molecule has 0 radical (unpaired) electrons. The van der Waals surface area contributed by atoms with Crippen LogP contribution in [0.15, 0.2) is 85.5 Å². The topological polar surface area (TPSA) is 76.6 Å². The van der Waals surface area contributed by atoms with Gasteiger partial charge >= 0.3 is 6.18 Å². The molecule has 2 bridgehead atoms. The highest BCUT2D eigenvalue weighted by Gasteiger charge is 2.30. The average Bonchev–Trinajstić information content (AvgIpc) is 2.95. The summed E-state index contributed by atoms with van der Waals surface area (Å²) in [4.78, 5) is 23.0. The molecule has 1 aromatic heterocycles. The second-order valence-corrected chi connectivity index (χ2v) is 9.74. The SMILES string of the molecule is O=C(CN1CCOCCOc2ccc(-c3cncnc3)cc2Cc2cccc(c2)C1)Nc1ccc(C(F)(F)F)cc1. The van der Waals surface area contributed by atoms with E-state index in [9.17, 15) is 18.0 Å². The zero-order valence-corrected chi connectivity index (χ0v) is 22.2. The van der Waals surface area contributed by atoms with Crippen molar-refractivity contribution < 1.29 is 27.4 Å². The predicted molar refractivity (Wildman–Crippen MR) is 148 cm³/mol. The molecule has 10 heteroatoms. The zero-order chi connectivity index (χ0) is 28.7. The van der Waals surface area contributed by atoms with Crippen molar-refractivity contribution in [2.75, 3.05) is 38.2 Å². The van der Waals surface area contributed by atoms with Crippen molar-refractivity contribution in [3.63, 3.8) is 0 Å². The Kier molecular flexibility index (Phi) is 8.91. The van der Waals surface area contributed by atoms with Crippen LogP contribution in [-0.2, 0) is 28.7 Å². The lowest BCUT2D eigenvalue weighted by atomic mass is 9.98. The van der Waals surface area contributed by atoms with Crippen molar-refractivity contribution >= 4 is 11.6 Å². The van der Waals surface area contributed by atoms with E-state index >= 15 is 0 Å². The van der Waals surface area contributed by atoms with Gasteiger partial charge in [0.05, 0.1) is 25.3 Å². The first kappa shape index (κ1) is 28.3. The molecule has 41 heavy (non-hydrogen) atoms. The van der Waals surface area contributed by atoms with Gasteiger partial charge in [0.15, 0.2) is 0 Å². The number of hydrogen-bond acceptors (Lipinski definition) is 6. The van der Waals surface area contributed by atoms with Crippen molar-refractivity contribution in [2.45, 2.75) is 19.1 Å². The molecule has 5 rings (SSSR count). The van der Waals surface area contributed by atoms with E-state index in [4.69, 9.17) is 9.47 Å². The molecule has 1 N–H and O–H groups in total. The maximum atomic E-state index is 12.9. The number of rotatable bonds is 4. The summed E-state index contributed by atoms with van der Waals surface area (Å²) in [5, 5.41) is 2.69. The van der Waals surface area contributed by atoms with Crippen LogP contribution < -0.4 is 10.1 Å². The van der Waals surface area contributed by atoms with Crippen molar-refractivity contribution in [1.82, 2.24) is 14.9 Å². The molecule has 212 valence electrons. The van der Waals surface area contributed by atoms with E-state index in [2.05, 4.69) is 33.5 Å². The van der Waals surface area contributed by atoms with Crippen LogP contribution in [0.25, 0.3) is 11.1 Å². The second kappa shape index (κ2) is 12.9. The summed E-state index contributed by atoms with van der Waals surface area (Å²) in [5.74, 6) is 0.468. The van der Waals surface area contributed by atoms with E-state index in [1.54, 1.807) is 12.4 Å². The summed E-state index contributed by atoms with van der Waals surface area (Å²) < 4.78 is 50.4. The first-order valence-corrected chi connectivity index (χ1v) is 13.2. The third-order valence-corrected chi connectivity index (χ3v) is 6.65. The van der Waals surface area contributed by atoms with E-state index in [1.165, 1.54) is 18.5 Å². The van der Waals surface area contributed by atoms with Gasteiger partial charge in [-0.3, -0.25) is 9.69 Å². The van der Waals surface area contributed by atoms with Crippen molar-refractivity contribution in [1.29, 1.82) is 0 Å². The number of ether oxygens (including phenoxy) is 2. The summed E-state index contributed by atoms with van der Waals surface area (Å²) >= 11 is 0. The van der Waals surface area contributed by atoms with E-state index < -0.39 is 11.7 Å². The number of alkyl halides is 3. The van der Waals surface area contributed by atoms with Crippen LogP contribution in [0.3, 0.4) is 0 Å². The van der Waals surface area contributed by atoms with E-state index in [1.807, 2.05) is 29.2 Å². The van der Waals surface area contributed by atoms with Crippen LogP contribution in [0.2, 0.25) is 0 Å². The van der Waals surface area contributed by atoms with E-state index in [0.29, 0.717) is 45.0 Å². The number of carbonyl (C=O) groups is 1. The maximum absolute atomic E-state index is 12.9. The zero-order valence-electron chi connectivity index (χ0n) is 22.2. The largest absolute Gasteiger partial charge is 0.491 e. The number of nitrogens with zero attached hydrogens (tertiary/aromatic N) is 3. The van der Waals surface area contributed by atoms with Gasteiger partial charge in [-0.15, -0.1) is 0 Å². The molecule has 0 saturated carbocycles. The Morgan fingerprint density at radius 3 is 2.46 bits per heavy atom. The molecule has 0 aliphatic carbocycles. The number of anilines is 1. The fourth-order valence-electron chi connectivity index (χ4n) is 4.67. The van der Waals surface area contributed by atoms with Crippen LogP contribution in [0.4, 0.5) is 18.9 Å². The first-order chi connectivity index (χ1) is 19.8. The summed E-state index contributed by atoms with van der Waals surface area (Å²) in [6.45, 7) is 2.18. The van der Waals surface area contributed by atoms with Gasteiger partial charge in [-0.25, -0.2) is 9.97 Å². The number of carbonyl (C=O) groups excluding carboxylic acids is 1. The molecule has 7 nitrogen and oxygen atoms in total. The number of nitrogens with one attached hydrogen (secondary N) is 1. The third kappa shape index (κ3) is 7.90. The number of aromatic nitrogens is 2. The Labute approximate surface area is 236 Å².